The minimum absolute atomic E-state index is 0.192. The number of nitrogens with two attached hydrogens (primary N) is 1. The number of rotatable bonds is 2. The first-order valence-electron chi connectivity index (χ1n) is 5.65. The highest BCUT2D eigenvalue weighted by atomic mass is 32.1. The predicted octanol–water partition coefficient (Wildman–Crippen LogP) is 1.68. The molecule has 16 heavy (non-hydrogen) atoms. The van der Waals surface area contributed by atoms with Crippen molar-refractivity contribution in [2.24, 2.45) is 5.73 Å². The first kappa shape index (κ1) is 13.2. The van der Waals surface area contributed by atoms with E-state index in [1.54, 1.807) is 0 Å². The molecule has 92 valence electrons. The van der Waals surface area contributed by atoms with Crippen LogP contribution in [0.4, 0.5) is 4.79 Å². The molecule has 0 aliphatic heterocycles. The lowest BCUT2D eigenvalue weighted by atomic mass is 9.98. The van der Waals surface area contributed by atoms with Crippen LogP contribution in [-0.2, 0) is 0 Å². The van der Waals surface area contributed by atoms with E-state index in [4.69, 9.17) is 18.0 Å². The normalized spacial score (nSPS) is 19.2. The van der Waals surface area contributed by atoms with Gasteiger partial charge in [0.05, 0.1) is 10.5 Å². The lowest BCUT2D eigenvalue weighted by Crippen LogP contribution is -2.59. The summed E-state index contributed by atoms with van der Waals surface area (Å²) in [6, 6.07) is -0.192. The Hall–Kier alpha value is -0.840. The zero-order chi connectivity index (χ0) is 12.4. The number of carbonyl (C=O) groups is 1. The Morgan fingerprint density at radius 2 is 1.81 bits per heavy atom. The van der Waals surface area contributed by atoms with Crippen molar-refractivity contribution in [3.8, 4) is 0 Å². The molecule has 4 nitrogen and oxygen atoms in total. The van der Waals surface area contributed by atoms with Gasteiger partial charge in [-0.2, -0.15) is 0 Å². The molecular formula is C11H21N3OS. The van der Waals surface area contributed by atoms with Gasteiger partial charge >= 0.3 is 6.03 Å². The molecule has 0 aromatic heterocycles. The number of amides is 2. The van der Waals surface area contributed by atoms with Crippen LogP contribution in [0.1, 0.15) is 46.5 Å². The van der Waals surface area contributed by atoms with Gasteiger partial charge < -0.3 is 16.4 Å². The lowest BCUT2D eigenvalue weighted by Gasteiger charge is -2.31. The van der Waals surface area contributed by atoms with Crippen molar-refractivity contribution in [3.63, 3.8) is 0 Å². The van der Waals surface area contributed by atoms with Gasteiger partial charge in [0, 0.05) is 5.54 Å². The molecule has 0 saturated heterocycles. The molecule has 0 radical (unpaired) electrons. The number of carbonyl (C=O) groups excluding carboxylic acids is 1. The Labute approximate surface area is 102 Å². The van der Waals surface area contributed by atoms with Gasteiger partial charge in [0.2, 0.25) is 0 Å². The van der Waals surface area contributed by atoms with Crippen LogP contribution in [0.25, 0.3) is 0 Å². The Bertz CT molecular complexity index is 290. The van der Waals surface area contributed by atoms with Crippen molar-refractivity contribution < 1.29 is 4.79 Å². The van der Waals surface area contributed by atoms with Crippen LogP contribution in [0.5, 0.6) is 0 Å². The summed E-state index contributed by atoms with van der Waals surface area (Å²) in [5, 5.41) is 5.79. The van der Waals surface area contributed by atoms with Crippen molar-refractivity contribution in [1.82, 2.24) is 10.6 Å². The molecule has 0 unspecified atom stereocenters. The second-order valence-electron chi connectivity index (χ2n) is 5.48. The Balaban J connectivity index is 2.63. The number of nitrogens with one attached hydrogen (secondary N) is 2. The van der Waals surface area contributed by atoms with Crippen LogP contribution in [-0.4, -0.2) is 22.1 Å². The van der Waals surface area contributed by atoms with Gasteiger partial charge in [-0.05, 0) is 33.6 Å². The lowest BCUT2D eigenvalue weighted by molar-refractivity contribution is 0.224. The third-order valence-corrected chi connectivity index (χ3v) is 3.16. The zero-order valence-electron chi connectivity index (χ0n) is 10.2. The third-order valence-electron chi connectivity index (χ3n) is 2.77. The fraction of sp³-hybridized carbons (Fsp3) is 0.818. The van der Waals surface area contributed by atoms with Gasteiger partial charge in [-0.1, -0.05) is 25.1 Å². The highest BCUT2D eigenvalue weighted by Gasteiger charge is 2.38. The summed E-state index contributed by atoms with van der Waals surface area (Å²) in [5.41, 5.74) is 5.02. The maximum Gasteiger partial charge on any atom is 0.315 e. The molecule has 1 aliphatic rings. The molecule has 0 bridgehead atoms. The second-order valence-corrected chi connectivity index (χ2v) is 5.92. The fourth-order valence-electron chi connectivity index (χ4n) is 2.00. The molecule has 0 aromatic carbocycles. The van der Waals surface area contributed by atoms with Crippen molar-refractivity contribution in [2.45, 2.75) is 57.5 Å². The van der Waals surface area contributed by atoms with E-state index in [1.807, 2.05) is 20.8 Å². The molecule has 0 spiro atoms. The van der Waals surface area contributed by atoms with E-state index in [1.165, 1.54) is 0 Å². The van der Waals surface area contributed by atoms with E-state index in [9.17, 15) is 4.79 Å². The fourth-order valence-corrected chi connectivity index (χ4v) is 2.26. The van der Waals surface area contributed by atoms with Crippen LogP contribution < -0.4 is 16.4 Å². The predicted molar refractivity (Wildman–Crippen MR) is 69.4 cm³/mol. The van der Waals surface area contributed by atoms with Crippen molar-refractivity contribution in [3.05, 3.63) is 0 Å². The molecule has 0 atom stereocenters. The summed E-state index contributed by atoms with van der Waals surface area (Å²) in [6.07, 6.45) is 3.82. The van der Waals surface area contributed by atoms with Crippen LogP contribution >= 0.6 is 12.2 Å². The second kappa shape index (κ2) is 4.57. The van der Waals surface area contributed by atoms with E-state index in [-0.39, 0.29) is 11.6 Å². The van der Waals surface area contributed by atoms with Gasteiger partial charge in [0.25, 0.3) is 0 Å². The quantitative estimate of drug-likeness (QED) is 0.646. The van der Waals surface area contributed by atoms with Gasteiger partial charge in [0.1, 0.15) is 0 Å². The van der Waals surface area contributed by atoms with E-state index in [0.29, 0.717) is 4.99 Å². The van der Waals surface area contributed by atoms with Crippen LogP contribution in [0, 0.1) is 0 Å². The number of hydrogen-bond donors (Lipinski definition) is 3. The molecule has 4 N–H and O–H groups in total. The van der Waals surface area contributed by atoms with E-state index in [0.717, 1.165) is 25.7 Å². The highest BCUT2D eigenvalue weighted by molar-refractivity contribution is 7.80. The molecular weight excluding hydrogens is 222 g/mol. The van der Waals surface area contributed by atoms with Crippen LogP contribution in [0.2, 0.25) is 0 Å². The van der Waals surface area contributed by atoms with Crippen molar-refractivity contribution >= 4 is 23.2 Å². The molecule has 0 aromatic rings. The van der Waals surface area contributed by atoms with Gasteiger partial charge in [-0.25, -0.2) is 4.79 Å². The molecule has 2 amide bonds. The van der Waals surface area contributed by atoms with Crippen LogP contribution in [0.15, 0.2) is 0 Å². The van der Waals surface area contributed by atoms with E-state index < -0.39 is 5.54 Å². The largest absolute Gasteiger partial charge is 0.391 e. The third kappa shape index (κ3) is 3.33. The Morgan fingerprint density at radius 3 is 2.19 bits per heavy atom. The average Bonchev–Trinajstić information content (AvgIpc) is 2.49. The highest BCUT2D eigenvalue weighted by Crippen LogP contribution is 2.29. The summed E-state index contributed by atoms with van der Waals surface area (Å²) in [6.45, 7) is 5.82. The number of thiocarbonyl (C=S) groups is 1. The van der Waals surface area contributed by atoms with Gasteiger partial charge in [-0.3, -0.25) is 0 Å². The molecule has 1 saturated carbocycles. The maximum atomic E-state index is 11.8. The molecule has 1 aliphatic carbocycles. The molecule has 0 heterocycles. The van der Waals surface area contributed by atoms with Crippen LogP contribution in [0.3, 0.4) is 0 Å². The summed E-state index contributed by atoms with van der Waals surface area (Å²) < 4.78 is 0. The Kier molecular flexibility index (Phi) is 3.78. The number of urea groups is 1. The summed E-state index contributed by atoms with van der Waals surface area (Å²) >= 11 is 5.06. The number of hydrogen-bond acceptors (Lipinski definition) is 2. The van der Waals surface area contributed by atoms with E-state index in [2.05, 4.69) is 10.6 Å². The SMILES string of the molecule is CC(C)(C)NC(=O)NC1(C(N)=S)CCCC1. The van der Waals surface area contributed by atoms with E-state index >= 15 is 0 Å². The van der Waals surface area contributed by atoms with Gasteiger partial charge in [-0.15, -0.1) is 0 Å². The standard InChI is InChI=1S/C11H21N3OS/c1-10(2,3)13-9(15)14-11(8(12)16)6-4-5-7-11/h4-7H2,1-3H3,(H2,12,16)(H2,13,14,15). The van der Waals surface area contributed by atoms with Crippen molar-refractivity contribution in [2.75, 3.05) is 0 Å². The smallest absolute Gasteiger partial charge is 0.315 e. The topological polar surface area (TPSA) is 67.2 Å². The molecule has 5 heteroatoms. The minimum Gasteiger partial charge on any atom is -0.391 e. The Morgan fingerprint density at radius 1 is 1.31 bits per heavy atom. The first-order chi connectivity index (χ1) is 7.25. The maximum absolute atomic E-state index is 11.8. The van der Waals surface area contributed by atoms with Crippen molar-refractivity contribution in [1.29, 1.82) is 0 Å². The monoisotopic (exact) mass is 243 g/mol. The summed E-state index contributed by atoms with van der Waals surface area (Å²) in [7, 11) is 0. The summed E-state index contributed by atoms with van der Waals surface area (Å²) in [5.74, 6) is 0. The average molecular weight is 243 g/mol. The minimum atomic E-state index is -0.468. The zero-order valence-corrected chi connectivity index (χ0v) is 11.0. The molecule has 1 rings (SSSR count). The van der Waals surface area contributed by atoms with Gasteiger partial charge in [0.15, 0.2) is 0 Å². The summed E-state index contributed by atoms with van der Waals surface area (Å²) in [4.78, 5) is 12.2. The first-order valence-corrected chi connectivity index (χ1v) is 6.06. The molecule has 1 fully saturated rings.